The van der Waals surface area contributed by atoms with Crippen LogP contribution in [0.25, 0.3) is 21.5 Å². The maximum atomic E-state index is 12.4. The smallest absolute Gasteiger partial charge is 0.320 e. The van der Waals surface area contributed by atoms with Gasteiger partial charge in [0.2, 0.25) is 11.9 Å². The molecule has 0 aliphatic rings. The molecule has 0 atom stereocenters. The molecule has 0 spiro atoms. The highest BCUT2D eigenvalue weighted by Crippen LogP contribution is 2.37. The summed E-state index contributed by atoms with van der Waals surface area (Å²) in [4.78, 5) is 13.8. The van der Waals surface area contributed by atoms with Crippen LogP contribution >= 0.6 is 0 Å². The zero-order valence-corrected chi connectivity index (χ0v) is 33.6. The Morgan fingerprint density at radius 3 is 1.44 bits per heavy atom. The third-order valence-corrected chi connectivity index (χ3v) is 12.3. The summed E-state index contributed by atoms with van der Waals surface area (Å²) in [5.74, 6) is -0.166. The van der Waals surface area contributed by atoms with Crippen LogP contribution in [0.1, 0.15) is 5.56 Å². The first-order valence-corrected chi connectivity index (χ1v) is 22.6. The van der Waals surface area contributed by atoms with Gasteiger partial charge in [-0.1, -0.05) is 42.5 Å². The Morgan fingerprint density at radius 1 is 0.475 bits per heavy atom. The van der Waals surface area contributed by atoms with Gasteiger partial charge in [0.1, 0.15) is 25.3 Å². The summed E-state index contributed by atoms with van der Waals surface area (Å²) in [6, 6.07) is 23.4. The molecular weight excluding hydrogens is 881 g/mol. The third-order valence-electron chi connectivity index (χ3n) is 8.52. The molecule has 21 nitrogen and oxygen atoms in total. The number of nitrogens with one attached hydrogen (secondary N) is 2. The van der Waals surface area contributed by atoms with Crippen LogP contribution in [-0.4, -0.2) is 78.2 Å². The number of anilines is 4. The number of fused-ring (bicyclic) bond motifs is 2. The summed E-state index contributed by atoms with van der Waals surface area (Å²) < 4.78 is 136. The van der Waals surface area contributed by atoms with E-state index >= 15 is 0 Å². The number of benzene rings is 6. The molecule has 61 heavy (non-hydrogen) atoms. The van der Waals surface area contributed by atoms with Gasteiger partial charge in [0, 0.05) is 44.7 Å². The van der Waals surface area contributed by atoms with Crippen LogP contribution in [0.3, 0.4) is 0 Å². The van der Waals surface area contributed by atoms with Crippen molar-refractivity contribution >= 4 is 109 Å². The number of aromatic hydroxyl groups is 1. The summed E-state index contributed by atoms with van der Waals surface area (Å²) in [6.45, 7) is 0. The summed E-state index contributed by atoms with van der Waals surface area (Å²) in [7, 11) is -19.3. The second-order valence-corrected chi connectivity index (χ2v) is 18.1. The lowest BCUT2D eigenvalue weighted by molar-refractivity contribution is 0.430. The van der Waals surface area contributed by atoms with Crippen molar-refractivity contribution in [1.29, 1.82) is 0 Å². The van der Waals surface area contributed by atoms with Gasteiger partial charge in [-0.05, 0) is 66.7 Å². The van der Waals surface area contributed by atoms with E-state index < -0.39 is 66.1 Å². The van der Waals surface area contributed by atoms with Crippen molar-refractivity contribution < 1.29 is 57.0 Å². The summed E-state index contributed by atoms with van der Waals surface area (Å²) in [5.41, 5.74) is 0.993. The minimum Gasteiger partial charge on any atom is -0.479 e. The van der Waals surface area contributed by atoms with Crippen LogP contribution in [0.5, 0.6) is 6.01 Å². The highest BCUT2D eigenvalue weighted by molar-refractivity contribution is 7.87. The molecular formula is C36H26N8O13S4. The minimum absolute atomic E-state index is 0.0686. The Kier molecular flexibility index (Phi) is 11.1. The van der Waals surface area contributed by atoms with E-state index in [0.29, 0.717) is 17.1 Å². The number of hydrogen-bond donors (Lipinski definition) is 7. The van der Waals surface area contributed by atoms with E-state index in [0.717, 1.165) is 24.4 Å². The summed E-state index contributed by atoms with van der Waals surface area (Å²) >= 11 is 0. The van der Waals surface area contributed by atoms with Gasteiger partial charge in [-0.2, -0.15) is 53.7 Å². The van der Waals surface area contributed by atoms with Crippen molar-refractivity contribution in [2.24, 2.45) is 15.2 Å². The highest BCUT2D eigenvalue weighted by Gasteiger charge is 2.25. The first-order chi connectivity index (χ1) is 28.6. The van der Waals surface area contributed by atoms with Gasteiger partial charge in [-0.25, -0.2) is 0 Å². The van der Waals surface area contributed by atoms with Gasteiger partial charge >= 0.3 is 6.01 Å². The Morgan fingerprint density at radius 2 is 0.951 bits per heavy atom. The first-order valence-electron chi connectivity index (χ1n) is 16.8. The van der Waals surface area contributed by atoms with Gasteiger partial charge in [-0.3, -0.25) is 23.2 Å². The Hall–Kier alpha value is -6.84. The fourth-order valence-electron chi connectivity index (χ4n) is 6.03. The van der Waals surface area contributed by atoms with Crippen LogP contribution in [0.2, 0.25) is 0 Å². The lowest BCUT2D eigenvalue weighted by atomic mass is 10.1. The molecule has 7 N–H and O–H groups in total. The van der Waals surface area contributed by atoms with E-state index in [4.69, 9.17) is 0 Å². The molecule has 0 aliphatic carbocycles. The monoisotopic (exact) mass is 906 g/mol. The predicted molar refractivity (Wildman–Crippen MR) is 220 cm³/mol. The van der Waals surface area contributed by atoms with E-state index in [9.17, 15) is 57.0 Å². The van der Waals surface area contributed by atoms with E-state index in [-0.39, 0.29) is 50.4 Å². The number of aliphatic imine (C=N–C) groups is 1. The highest BCUT2D eigenvalue weighted by atomic mass is 32.2. The molecule has 25 heteroatoms. The SMILES string of the molecule is O=S(=O)(O)c1cccc2c(S(=O)(=O)O)c(/C=N/c3ccc(Nc4nc(O)nc(Nc5ccc(/N=N/c6ccc7c(S(=O)(=O)O)cccc7c6S(=O)(=O)O)cc5)n4)cc3)ccc12. The molecule has 312 valence electrons. The number of azo groups is 1. The van der Waals surface area contributed by atoms with Crippen LogP contribution in [0, 0.1) is 0 Å². The molecule has 7 aromatic rings. The third kappa shape index (κ3) is 9.48. The number of hydrogen-bond acceptors (Lipinski definition) is 17. The fraction of sp³-hybridized carbons (Fsp3) is 0. The molecule has 0 unspecified atom stereocenters. The largest absolute Gasteiger partial charge is 0.479 e. The quantitative estimate of drug-likeness (QED) is 0.0389. The number of nitrogens with zero attached hydrogens (tertiary/aromatic N) is 6. The predicted octanol–water partition coefficient (Wildman–Crippen LogP) is 6.52. The molecule has 1 aromatic heterocycles. The van der Waals surface area contributed by atoms with Crippen LogP contribution in [0.4, 0.5) is 40.3 Å². The zero-order valence-electron chi connectivity index (χ0n) is 30.3. The Labute approximate surface area is 345 Å². The molecule has 0 saturated carbocycles. The van der Waals surface area contributed by atoms with Gasteiger partial charge in [0.25, 0.3) is 40.5 Å². The number of rotatable bonds is 12. The second kappa shape index (κ2) is 16.0. The number of aromatic nitrogens is 3. The van der Waals surface area contributed by atoms with Crippen molar-refractivity contribution in [1.82, 2.24) is 15.0 Å². The molecule has 0 radical (unpaired) electrons. The average molecular weight is 907 g/mol. The lowest BCUT2D eigenvalue weighted by Gasteiger charge is -2.10. The Bertz CT molecular complexity index is 3200. The van der Waals surface area contributed by atoms with Gasteiger partial charge in [0.15, 0.2) is 0 Å². The normalized spacial score (nSPS) is 12.7. The topological polar surface area (TPSA) is 338 Å². The van der Waals surface area contributed by atoms with Gasteiger partial charge in [0.05, 0.1) is 11.4 Å². The maximum Gasteiger partial charge on any atom is 0.320 e. The molecule has 1 heterocycles. The van der Waals surface area contributed by atoms with Gasteiger partial charge in [-0.15, -0.1) is 5.11 Å². The van der Waals surface area contributed by atoms with Crippen LogP contribution < -0.4 is 10.6 Å². The molecule has 7 rings (SSSR count). The zero-order chi connectivity index (χ0) is 43.9. The van der Waals surface area contributed by atoms with Crippen molar-refractivity contribution in [2.75, 3.05) is 10.6 Å². The van der Waals surface area contributed by atoms with Crippen LogP contribution in [0.15, 0.2) is 144 Å². The minimum atomic E-state index is -4.96. The van der Waals surface area contributed by atoms with Crippen LogP contribution in [-0.2, 0) is 40.5 Å². The Balaban J connectivity index is 1.05. The summed E-state index contributed by atoms with van der Waals surface area (Å²) in [6.07, 6.45) is 1.15. The molecule has 6 aromatic carbocycles. The van der Waals surface area contributed by atoms with E-state index in [1.807, 2.05) is 0 Å². The fourth-order valence-corrected chi connectivity index (χ4v) is 9.15. The van der Waals surface area contributed by atoms with E-state index in [1.165, 1.54) is 78.9 Å². The summed E-state index contributed by atoms with van der Waals surface area (Å²) in [5, 5.41) is 23.2. The maximum absolute atomic E-state index is 12.4. The molecule has 0 bridgehead atoms. The van der Waals surface area contributed by atoms with Crippen molar-refractivity contribution in [3.63, 3.8) is 0 Å². The standard InChI is InChI=1S/C36H26N8O13S4/c45-36-41-34(38-22-10-8-21(9-11-22)37-19-20-7-16-25-27(32(20)60(52,53)54)3-1-5-30(25)58(46,47)48)40-35(42-36)39-23-12-14-24(15-13-23)43-44-29-18-17-26-28(33(29)61(55,56)57)4-2-6-31(26)59(49,50)51/h1-19H,(H,46,47,48)(H,49,50,51)(H,52,53,54)(H,55,56,57)(H3,38,39,40,41,42,45)/b37-19+,44-43+. The van der Waals surface area contributed by atoms with Gasteiger partial charge < -0.3 is 15.7 Å². The molecule has 0 fully saturated rings. The molecule has 0 amide bonds. The lowest BCUT2D eigenvalue weighted by Crippen LogP contribution is -2.06. The second-order valence-electron chi connectivity index (χ2n) is 12.6. The van der Waals surface area contributed by atoms with Crippen molar-refractivity contribution in [3.05, 3.63) is 115 Å². The van der Waals surface area contributed by atoms with E-state index in [1.54, 1.807) is 12.1 Å². The van der Waals surface area contributed by atoms with Crippen molar-refractivity contribution in [2.45, 2.75) is 19.6 Å². The average Bonchev–Trinajstić information content (AvgIpc) is 3.17. The van der Waals surface area contributed by atoms with E-state index in [2.05, 4.69) is 40.8 Å². The molecule has 0 aliphatic heterocycles. The molecule has 0 saturated heterocycles. The first kappa shape index (κ1) is 42.3. The van der Waals surface area contributed by atoms with Crippen molar-refractivity contribution in [3.8, 4) is 6.01 Å².